The quantitative estimate of drug-likeness (QED) is 0.903. The molecule has 1 aromatic carbocycles. The molecule has 0 atom stereocenters. The summed E-state index contributed by atoms with van der Waals surface area (Å²) < 4.78 is 13.6. The van der Waals surface area contributed by atoms with Crippen molar-refractivity contribution in [2.24, 2.45) is 0 Å². The molecule has 5 heteroatoms. The Morgan fingerprint density at radius 3 is 2.78 bits per heavy atom. The molecule has 0 spiro atoms. The highest BCUT2D eigenvalue weighted by Gasteiger charge is 2.14. The van der Waals surface area contributed by atoms with Gasteiger partial charge in [0.2, 0.25) is 0 Å². The van der Waals surface area contributed by atoms with Gasteiger partial charge in [-0.15, -0.1) is 10.2 Å². The fourth-order valence-electron chi connectivity index (χ4n) is 1.90. The third-order valence-corrected chi connectivity index (χ3v) is 3.86. The molecule has 92 valence electrons. The van der Waals surface area contributed by atoms with E-state index in [1.54, 1.807) is 18.2 Å². The van der Waals surface area contributed by atoms with Crippen molar-refractivity contribution < 1.29 is 4.39 Å². The third kappa shape index (κ3) is 2.19. The number of hydrogen-bond acceptors (Lipinski definition) is 4. The molecule has 0 aliphatic carbocycles. The molecule has 3 nitrogen and oxygen atoms in total. The smallest absolute Gasteiger partial charge is 0.151 e. The van der Waals surface area contributed by atoms with Crippen LogP contribution in [0.2, 0.25) is 0 Å². The van der Waals surface area contributed by atoms with Crippen LogP contribution in [0.15, 0.2) is 30.3 Å². The van der Waals surface area contributed by atoms with Crippen LogP contribution in [0.4, 0.5) is 4.39 Å². The molecule has 0 bridgehead atoms. The van der Waals surface area contributed by atoms with Crippen LogP contribution in [-0.2, 0) is 0 Å². The van der Waals surface area contributed by atoms with Crippen molar-refractivity contribution in [3.05, 3.63) is 41.2 Å². The SMILES string of the molecule is Fc1ccccc1-c1nnc(C2=CCCNC2)s1. The maximum atomic E-state index is 13.6. The highest BCUT2D eigenvalue weighted by Crippen LogP contribution is 2.29. The van der Waals surface area contributed by atoms with Gasteiger partial charge in [0.25, 0.3) is 0 Å². The van der Waals surface area contributed by atoms with Crippen molar-refractivity contribution in [2.75, 3.05) is 13.1 Å². The molecule has 0 amide bonds. The second-order valence-electron chi connectivity index (χ2n) is 4.09. The molecule has 0 fully saturated rings. The summed E-state index contributed by atoms with van der Waals surface area (Å²) >= 11 is 1.44. The van der Waals surface area contributed by atoms with E-state index in [1.807, 2.05) is 0 Å². The average Bonchev–Trinajstić information content (AvgIpc) is 2.90. The topological polar surface area (TPSA) is 37.8 Å². The van der Waals surface area contributed by atoms with E-state index >= 15 is 0 Å². The normalized spacial score (nSPS) is 15.5. The predicted octanol–water partition coefficient (Wildman–Crippen LogP) is 2.72. The highest BCUT2D eigenvalue weighted by molar-refractivity contribution is 7.15. The summed E-state index contributed by atoms with van der Waals surface area (Å²) in [7, 11) is 0. The standard InChI is InChI=1S/C13H12FN3S/c14-11-6-2-1-5-10(11)13-17-16-12(18-13)9-4-3-7-15-8-9/h1-2,4-6,15H,3,7-8H2. The summed E-state index contributed by atoms with van der Waals surface area (Å²) in [4.78, 5) is 0. The summed E-state index contributed by atoms with van der Waals surface area (Å²) in [5.41, 5.74) is 1.67. The van der Waals surface area contributed by atoms with E-state index in [-0.39, 0.29) is 5.82 Å². The molecule has 0 radical (unpaired) electrons. The lowest BCUT2D eigenvalue weighted by molar-refractivity contribution is 0.631. The first-order valence-electron chi connectivity index (χ1n) is 5.83. The van der Waals surface area contributed by atoms with Crippen LogP contribution >= 0.6 is 11.3 Å². The van der Waals surface area contributed by atoms with Crippen LogP contribution in [-0.4, -0.2) is 23.3 Å². The van der Waals surface area contributed by atoms with Crippen LogP contribution in [0.25, 0.3) is 16.1 Å². The first-order chi connectivity index (χ1) is 8.84. The van der Waals surface area contributed by atoms with Crippen LogP contribution in [0.1, 0.15) is 11.4 Å². The lowest BCUT2D eigenvalue weighted by Gasteiger charge is -2.10. The van der Waals surface area contributed by atoms with Crippen molar-refractivity contribution in [2.45, 2.75) is 6.42 Å². The summed E-state index contributed by atoms with van der Waals surface area (Å²) in [6.45, 7) is 1.81. The lowest BCUT2D eigenvalue weighted by atomic mass is 10.2. The second kappa shape index (κ2) is 4.96. The molecule has 1 aliphatic rings. The minimum atomic E-state index is -0.254. The summed E-state index contributed by atoms with van der Waals surface area (Å²) in [6.07, 6.45) is 3.17. The fraction of sp³-hybridized carbons (Fsp3) is 0.231. The van der Waals surface area contributed by atoms with Gasteiger partial charge < -0.3 is 5.32 Å². The molecule has 0 saturated carbocycles. The molecule has 1 aliphatic heterocycles. The summed E-state index contributed by atoms with van der Waals surface area (Å²) in [6, 6.07) is 6.65. The van der Waals surface area contributed by atoms with Crippen LogP contribution in [0, 0.1) is 5.82 Å². The Hall–Kier alpha value is -1.59. The molecular formula is C13H12FN3S. The average molecular weight is 261 g/mol. The van der Waals surface area contributed by atoms with Gasteiger partial charge >= 0.3 is 0 Å². The van der Waals surface area contributed by atoms with Crippen LogP contribution in [0.5, 0.6) is 0 Å². The van der Waals surface area contributed by atoms with Gasteiger partial charge in [0.05, 0.1) is 0 Å². The molecular weight excluding hydrogens is 249 g/mol. The van der Waals surface area contributed by atoms with Crippen molar-refractivity contribution in [3.8, 4) is 10.6 Å². The number of benzene rings is 1. The van der Waals surface area contributed by atoms with Gasteiger partial charge in [0.1, 0.15) is 10.8 Å². The van der Waals surface area contributed by atoms with Gasteiger partial charge in [-0.2, -0.15) is 0 Å². The second-order valence-corrected chi connectivity index (χ2v) is 5.06. The van der Waals surface area contributed by atoms with E-state index in [1.165, 1.54) is 17.4 Å². The summed E-state index contributed by atoms with van der Waals surface area (Å²) in [5, 5.41) is 13.0. The van der Waals surface area contributed by atoms with Crippen LogP contribution < -0.4 is 5.32 Å². The Kier molecular flexibility index (Phi) is 3.17. The Bertz CT molecular complexity index is 591. The molecule has 18 heavy (non-hydrogen) atoms. The third-order valence-electron chi connectivity index (χ3n) is 2.83. The maximum Gasteiger partial charge on any atom is 0.151 e. The zero-order valence-corrected chi connectivity index (χ0v) is 10.5. The van der Waals surface area contributed by atoms with E-state index in [0.717, 1.165) is 30.1 Å². The van der Waals surface area contributed by atoms with Crippen molar-refractivity contribution in [1.29, 1.82) is 0 Å². The van der Waals surface area contributed by atoms with Crippen molar-refractivity contribution in [1.82, 2.24) is 15.5 Å². The molecule has 2 heterocycles. The highest BCUT2D eigenvalue weighted by atomic mass is 32.1. The molecule has 0 saturated heterocycles. The number of nitrogens with zero attached hydrogens (tertiary/aromatic N) is 2. The number of rotatable bonds is 2. The Balaban J connectivity index is 1.94. The largest absolute Gasteiger partial charge is 0.312 e. The Morgan fingerprint density at radius 1 is 1.17 bits per heavy atom. The molecule has 0 unspecified atom stereocenters. The molecule has 1 aromatic heterocycles. The zero-order chi connectivity index (χ0) is 12.4. The lowest BCUT2D eigenvalue weighted by Crippen LogP contribution is -2.21. The minimum absolute atomic E-state index is 0.254. The molecule has 2 aromatic rings. The van der Waals surface area contributed by atoms with Gasteiger partial charge in [0, 0.05) is 12.1 Å². The van der Waals surface area contributed by atoms with Crippen molar-refractivity contribution in [3.63, 3.8) is 0 Å². The van der Waals surface area contributed by atoms with E-state index < -0.39 is 0 Å². The van der Waals surface area contributed by atoms with Gasteiger partial charge in [-0.3, -0.25) is 0 Å². The van der Waals surface area contributed by atoms with E-state index in [4.69, 9.17) is 0 Å². The first kappa shape index (κ1) is 11.5. The molecule has 3 rings (SSSR count). The zero-order valence-electron chi connectivity index (χ0n) is 9.69. The van der Waals surface area contributed by atoms with Gasteiger partial charge in [-0.1, -0.05) is 29.5 Å². The van der Waals surface area contributed by atoms with Crippen LogP contribution in [0.3, 0.4) is 0 Å². The van der Waals surface area contributed by atoms with Gasteiger partial charge in [0.15, 0.2) is 5.01 Å². The number of aromatic nitrogens is 2. The number of halogens is 1. The Labute approximate surface area is 108 Å². The summed E-state index contributed by atoms with van der Waals surface area (Å²) in [5.74, 6) is -0.254. The fourth-order valence-corrected chi connectivity index (χ4v) is 2.81. The minimum Gasteiger partial charge on any atom is -0.312 e. The number of nitrogens with one attached hydrogen (secondary N) is 1. The predicted molar refractivity (Wildman–Crippen MR) is 70.8 cm³/mol. The monoisotopic (exact) mass is 261 g/mol. The van der Waals surface area contributed by atoms with E-state index in [9.17, 15) is 4.39 Å². The van der Waals surface area contributed by atoms with Crippen molar-refractivity contribution >= 4 is 16.9 Å². The Morgan fingerprint density at radius 2 is 2.00 bits per heavy atom. The van der Waals surface area contributed by atoms with Gasteiger partial charge in [-0.05, 0) is 30.7 Å². The first-order valence-corrected chi connectivity index (χ1v) is 6.65. The van der Waals surface area contributed by atoms with E-state index in [0.29, 0.717) is 10.6 Å². The maximum absolute atomic E-state index is 13.6. The molecule has 1 N–H and O–H groups in total. The van der Waals surface area contributed by atoms with Gasteiger partial charge in [-0.25, -0.2) is 4.39 Å². The number of hydrogen-bond donors (Lipinski definition) is 1. The van der Waals surface area contributed by atoms with E-state index in [2.05, 4.69) is 21.6 Å².